The third-order valence-electron chi connectivity index (χ3n) is 1.68. The van der Waals surface area contributed by atoms with Crippen LogP contribution in [0.3, 0.4) is 0 Å². The van der Waals surface area contributed by atoms with Gasteiger partial charge < -0.3 is 25.4 Å². The predicted molar refractivity (Wildman–Crippen MR) is 36.0 cm³/mol. The van der Waals surface area contributed by atoms with Crippen molar-refractivity contribution in [2.75, 3.05) is 0 Å². The van der Waals surface area contributed by atoms with E-state index >= 15 is 0 Å². The number of amides is 1. The minimum atomic E-state index is -1.66. The van der Waals surface area contributed by atoms with Crippen molar-refractivity contribution in [3.8, 4) is 0 Å². The number of carbonyl (C=O) groups excluding carboxylic acids is 2. The number of rotatable bonds is 4. The molecule has 4 atom stereocenters. The molecule has 1 aliphatic rings. The highest BCUT2D eigenvalue weighted by Gasteiger charge is 2.45. The fourth-order valence-corrected chi connectivity index (χ4v) is 0.832. The molecule has 0 saturated carbocycles. The summed E-state index contributed by atoms with van der Waals surface area (Å²) >= 11 is 0. The largest absolute Gasteiger partial charge is 0.388 e. The highest BCUT2D eigenvalue weighted by molar-refractivity contribution is 5.97. The summed E-state index contributed by atoms with van der Waals surface area (Å²) in [5, 5.41) is 29.0. The smallest absolute Gasteiger partial charge is 0.246 e. The fraction of sp³-hybridized carbons (Fsp3) is 0.667. The molecular weight excluding hydrogens is 166 g/mol. The predicted octanol–water partition coefficient (Wildman–Crippen LogP) is -3.23. The van der Waals surface area contributed by atoms with Crippen LogP contribution in [0.15, 0.2) is 0 Å². The quantitative estimate of drug-likeness (QED) is 0.265. The van der Waals surface area contributed by atoms with Crippen LogP contribution in [0.1, 0.15) is 0 Å². The molecule has 0 bridgehead atoms. The number of hydrogen-bond acceptors (Lipinski definition) is 5. The van der Waals surface area contributed by atoms with Gasteiger partial charge in [-0.2, -0.15) is 0 Å². The lowest BCUT2D eigenvalue weighted by Gasteiger charge is -2.16. The number of aldehydes is 1. The van der Waals surface area contributed by atoms with Crippen molar-refractivity contribution in [3.63, 3.8) is 0 Å². The van der Waals surface area contributed by atoms with Crippen molar-refractivity contribution in [1.29, 1.82) is 0 Å². The van der Waals surface area contributed by atoms with Gasteiger partial charge in [0, 0.05) is 0 Å². The van der Waals surface area contributed by atoms with Crippen LogP contribution in [0.4, 0.5) is 0 Å². The van der Waals surface area contributed by atoms with E-state index in [9.17, 15) is 9.59 Å². The van der Waals surface area contributed by atoms with Gasteiger partial charge in [-0.15, -0.1) is 0 Å². The lowest BCUT2D eigenvalue weighted by Crippen LogP contribution is -2.42. The molecule has 0 unspecified atom stereocenters. The van der Waals surface area contributed by atoms with Crippen LogP contribution in [0.5, 0.6) is 0 Å². The second kappa shape index (κ2) is 3.18. The van der Waals surface area contributed by atoms with E-state index in [4.69, 9.17) is 15.3 Å². The highest BCUT2D eigenvalue weighted by atomic mass is 16.4. The van der Waals surface area contributed by atoms with Gasteiger partial charge in [0.25, 0.3) is 0 Å². The van der Waals surface area contributed by atoms with Gasteiger partial charge in [0.2, 0.25) is 5.91 Å². The second-order valence-corrected chi connectivity index (χ2v) is 2.59. The molecule has 6 nitrogen and oxygen atoms in total. The van der Waals surface area contributed by atoms with E-state index in [2.05, 4.69) is 5.32 Å². The fourth-order valence-electron chi connectivity index (χ4n) is 0.832. The van der Waals surface area contributed by atoms with E-state index in [-0.39, 0.29) is 6.29 Å². The van der Waals surface area contributed by atoms with E-state index in [1.165, 1.54) is 0 Å². The van der Waals surface area contributed by atoms with Crippen LogP contribution in [-0.4, -0.2) is 51.9 Å². The van der Waals surface area contributed by atoms with Crippen molar-refractivity contribution >= 4 is 12.2 Å². The van der Waals surface area contributed by atoms with Crippen molar-refractivity contribution in [3.05, 3.63) is 0 Å². The lowest BCUT2D eigenvalue weighted by molar-refractivity contribution is -0.127. The molecule has 1 heterocycles. The maximum atomic E-state index is 10.4. The first-order chi connectivity index (χ1) is 5.57. The zero-order valence-electron chi connectivity index (χ0n) is 6.04. The van der Waals surface area contributed by atoms with Gasteiger partial charge >= 0.3 is 0 Å². The summed E-state index contributed by atoms with van der Waals surface area (Å²) in [5.41, 5.74) is 0. The Labute approximate surface area is 67.8 Å². The van der Waals surface area contributed by atoms with Crippen molar-refractivity contribution in [1.82, 2.24) is 5.32 Å². The minimum Gasteiger partial charge on any atom is -0.388 e. The number of aliphatic hydroxyl groups excluding tert-OH is 3. The van der Waals surface area contributed by atoms with Gasteiger partial charge in [-0.05, 0) is 0 Å². The normalized spacial score (nSPS) is 28.6. The van der Waals surface area contributed by atoms with Crippen LogP contribution in [0.2, 0.25) is 0 Å². The van der Waals surface area contributed by atoms with Crippen LogP contribution in [0, 0.1) is 0 Å². The van der Waals surface area contributed by atoms with Gasteiger partial charge in [-0.3, -0.25) is 4.79 Å². The SMILES string of the molecule is O=C[C@H](O)[C@@H](O)[C@@H](O)[C@@H]1NC1=O. The first kappa shape index (κ1) is 9.11. The molecule has 0 radical (unpaired) electrons. The average Bonchev–Trinajstić information content (AvgIpc) is 2.78. The van der Waals surface area contributed by atoms with Crippen LogP contribution in [-0.2, 0) is 9.59 Å². The Kier molecular flexibility index (Phi) is 2.41. The molecule has 12 heavy (non-hydrogen) atoms. The van der Waals surface area contributed by atoms with Gasteiger partial charge in [-0.1, -0.05) is 0 Å². The molecule has 1 aliphatic heterocycles. The van der Waals surface area contributed by atoms with E-state index in [0.717, 1.165) is 0 Å². The highest BCUT2D eigenvalue weighted by Crippen LogP contribution is 2.11. The Morgan fingerprint density at radius 3 is 2.25 bits per heavy atom. The van der Waals surface area contributed by atoms with E-state index < -0.39 is 30.3 Å². The first-order valence-corrected chi connectivity index (χ1v) is 3.38. The molecule has 1 saturated heterocycles. The summed E-state index contributed by atoms with van der Waals surface area (Å²) in [6.07, 6.45) is -4.61. The number of carbonyl (C=O) groups is 2. The van der Waals surface area contributed by atoms with Gasteiger partial charge in [0.1, 0.15) is 24.4 Å². The van der Waals surface area contributed by atoms with Crippen LogP contribution in [0.25, 0.3) is 0 Å². The summed E-state index contributed by atoms with van der Waals surface area (Å²) in [5.74, 6) is -0.403. The maximum absolute atomic E-state index is 10.4. The Morgan fingerprint density at radius 2 is 1.92 bits per heavy atom. The second-order valence-electron chi connectivity index (χ2n) is 2.59. The van der Waals surface area contributed by atoms with Gasteiger partial charge in [0.05, 0.1) is 0 Å². The molecule has 1 rings (SSSR count). The summed E-state index contributed by atoms with van der Waals surface area (Å²) < 4.78 is 0. The molecule has 4 N–H and O–H groups in total. The number of aliphatic hydroxyl groups is 3. The molecule has 0 aromatic heterocycles. The van der Waals surface area contributed by atoms with Crippen molar-refractivity contribution < 1.29 is 24.9 Å². The molecule has 0 aromatic carbocycles. The summed E-state index contributed by atoms with van der Waals surface area (Å²) in [4.78, 5) is 20.3. The summed E-state index contributed by atoms with van der Waals surface area (Å²) in [7, 11) is 0. The first-order valence-electron chi connectivity index (χ1n) is 3.38. The zero-order valence-corrected chi connectivity index (χ0v) is 6.04. The van der Waals surface area contributed by atoms with Gasteiger partial charge in [-0.25, -0.2) is 0 Å². The third kappa shape index (κ3) is 1.60. The van der Waals surface area contributed by atoms with Gasteiger partial charge in [0.15, 0.2) is 6.29 Å². The van der Waals surface area contributed by atoms with E-state index in [1.54, 1.807) is 0 Å². The Balaban J connectivity index is 2.46. The minimum absolute atomic E-state index is 0.0980. The molecule has 68 valence electrons. The molecule has 0 spiro atoms. The van der Waals surface area contributed by atoms with Crippen molar-refractivity contribution in [2.24, 2.45) is 0 Å². The lowest BCUT2D eigenvalue weighted by atomic mass is 10.1. The third-order valence-corrected chi connectivity index (χ3v) is 1.68. The summed E-state index contributed by atoms with van der Waals surface area (Å²) in [6.45, 7) is 0. The molecular formula is C6H9NO5. The standard InChI is InChI=1S/C6H9NO5/c8-1-2(9)4(10)5(11)3-6(12)7-3/h1-5,9-11H,(H,7,12)/t2-,3-,4+,5-/m0/s1. The van der Waals surface area contributed by atoms with E-state index in [0.29, 0.717) is 0 Å². The topological polar surface area (TPSA) is 117 Å². The maximum Gasteiger partial charge on any atom is 0.246 e. The molecule has 6 heteroatoms. The Bertz CT molecular complexity index is 200. The molecule has 1 fully saturated rings. The summed E-state index contributed by atoms with van der Waals surface area (Å²) in [6, 6.07) is -0.852. The Hall–Kier alpha value is -0.980. The van der Waals surface area contributed by atoms with Crippen LogP contribution >= 0.6 is 0 Å². The average molecular weight is 175 g/mol. The molecule has 1 amide bonds. The zero-order chi connectivity index (χ0) is 9.30. The van der Waals surface area contributed by atoms with Crippen molar-refractivity contribution in [2.45, 2.75) is 24.4 Å². The molecule has 0 aliphatic carbocycles. The number of hydrogen-bond donors (Lipinski definition) is 4. The monoisotopic (exact) mass is 175 g/mol. The Morgan fingerprint density at radius 1 is 1.42 bits per heavy atom. The van der Waals surface area contributed by atoms with E-state index in [1.807, 2.05) is 0 Å². The van der Waals surface area contributed by atoms with Crippen LogP contribution < -0.4 is 5.32 Å². The molecule has 0 aromatic rings. The number of nitrogens with one attached hydrogen (secondary N) is 1.